The van der Waals surface area contributed by atoms with Crippen LogP contribution in [0.25, 0.3) is 11.1 Å². The van der Waals surface area contributed by atoms with E-state index in [-0.39, 0.29) is 12.2 Å². The molecule has 0 aromatic heterocycles. The van der Waals surface area contributed by atoms with Crippen LogP contribution in [0.3, 0.4) is 0 Å². The fourth-order valence-corrected chi connectivity index (χ4v) is 2.19. The van der Waals surface area contributed by atoms with E-state index in [0.717, 1.165) is 23.0 Å². The summed E-state index contributed by atoms with van der Waals surface area (Å²) in [6.07, 6.45) is 0.914. The molecule has 0 aliphatic rings. The molecule has 4 nitrogen and oxygen atoms in total. The second-order valence-corrected chi connectivity index (χ2v) is 4.69. The summed E-state index contributed by atoms with van der Waals surface area (Å²) in [4.78, 5) is 10.7. The van der Waals surface area contributed by atoms with Crippen LogP contribution in [0.5, 0.6) is 11.5 Å². The van der Waals surface area contributed by atoms with Crippen LogP contribution >= 0.6 is 0 Å². The fourth-order valence-electron chi connectivity index (χ4n) is 2.19. The molecule has 4 heteroatoms. The maximum Gasteiger partial charge on any atom is 0.161 e. The van der Waals surface area contributed by atoms with E-state index in [1.807, 2.05) is 24.3 Å². The minimum absolute atomic E-state index is 0.0179. The quantitative estimate of drug-likeness (QED) is 0.829. The molecule has 0 radical (unpaired) electrons. The molecule has 0 atom stereocenters. The van der Waals surface area contributed by atoms with Gasteiger partial charge in [-0.15, -0.1) is 0 Å². The Morgan fingerprint density at radius 1 is 1.10 bits per heavy atom. The first-order chi connectivity index (χ1) is 10.2. The first-order valence-electron chi connectivity index (χ1n) is 6.61. The van der Waals surface area contributed by atoms with Crippen molar-refractivity contribution in [2.24, 2.45) is 0 Å². The van der Waals surface area contributed by atoms with Gasteiger partial charge in [-0.25, -0.2) is 0 Å². The van der Waals surface area contributed by atoms with E-state index in [2.05, 4.69) is 0 Å². The van der Waals surface area contributed by atoms with E-state index in [1.54, 1.807) is 19.2 Å². The lowest BCUT2D eigenvalue weighted by molar-refractivity contribution is -0.107. The van der Waals surface area contributed by atoms with Gasteiger partial charge in [0.25, 0.3) is 0 Å². The smallest absolute Gasteiger partial charge is 0.161 e. The van der Waals surface area contributed by atoms with Gasteiger partial charge >= 0.3 is 0 Å². The fraction of sp³-hybridized carbons (Fsp3) is 0.235. The molecule has 0 saturated heterocycles. The van der Waals surface area contributed by atoms with Gasteiger partial charge < -0.3 is 19.4 Å². The van der Waals surface area contributed by atoms with Crippen molar-refractivity contribution in [2.45, 2.75) is 13.0 Å². The van der Waals surface area contributed by atoms with Gasteiger partial charge in [-0.1, -0.05) is 24.3 Å². The van der Waals surface area contributed by atoms with Crippen LogP contribution in [-0.2, 0) is 22.6 Å². The Bertz CT molecular complexity index is 617. The van der Waals surface area contributed by atoms with Crippen LogP contribution in [0.4, 0.5) is 0 Å². The number of ether oxygens (including phenoxy) is 2. The number of benzene rings is 2. The van der Waals surface area contributed by atoms with Gasteiger partial charge in [0, 0.05) is 19.1 Å². The lowest BCUT2D eigenvalue weighted by Gasteiger charge is -2.11. The molecule has 2 rings (SSSR count). The van der Waals surface area contributed by atoms with Crippen LogP contribution in [-0.4, -0.2) is 25.6 Å². The molecule has 0 unspecified atom stereocenters. The summed E-state index contributed by atoms with van der Waals surface area (Å²) in [5, 5.41) is 10.0. The summed E-state index contributed by atoms with van der Waals surface area (Å²) in [7, 11) is 3.15. The van der Waals surface area contributed by atoms with Crippen molar-refractivity contribution in [3.8, 4) is 22.6 Å². The molecule has 1 N–H and O–H groups in total. The van der Waals surface area contributed by atoms with E-state index in [0.29, 0.717) is 17.9 Å². The van der Waals surface area contributed by atoms with Gasteiger partial charge in [-0.3, -0.25) is 0 Å². The zero-order chi connectivity index (χ0) is 15.2. The van der Waals surface area contributed by atoms with Crippen molar-refractivity contribution in [1.29, 1.82) is 0 Å². The highest BCUT2D eigenvalue weighted by Crippen LogP contribution is 2.35. The third-order valence-electron chi connectivity index (χ3n) is 3.28. The third kappa shape index (κ3) is 3.41. The highest BCUT2D eigenvalue weighted by atomic mass is 16.5. The average Bonchev–Trinajstić information content (AvgIpc) is 2.51. The van der Waals surface area contributed by atoms with Crippen LogP contribution in [0.15, 0.2) is 36.4 Å². The molecule has 0 spiro atoms. The van der Waals surface area contributed by atoms with Crippen molar-refractivity contribution in [2.75, 3.05) is 14.2 Å². The third-order valence-corrected chi connectivity index (χ3v) is 3.28. The normalized spacial score (nSPS) is 10.4. The lowest BCUT2D eigenvalue weighted by atomic mass is 9.99. The molecule has 2 aromatic carbocycles. The summed E-state index contributed by atoms with van der Waals surface area (Å²) in [6, 6.07) is 11.5. The number of hydrogen-bond donors (Lipinski definition) is 1. The standard InChI is InChI=1S/C17H18O4/c1-20-11-12-3-5-13(6-4-12)15-9-14(7-8-18)17(19)16(10-15)21-2/h3-6,8-10,19H,7,11H2,1-2H3. The number of hydrogen-bond acceptors (Lipinski definition) is 4. The van der Waals surface area contributed by atoms with Crippen molar-refractivity contribution in [1.82, 2.24) is 0 Å². The van der Waals surface area contributed by atoms with E-state index in [4.69, 9.17) is 9.47 Å². The highest BCUT2D eigenvalue weighted by Gasteiger charge is 2.11. The Morgan fingerprint density at radius 2 is 1.81 bits per heavy atom. The Balaban J connectivity index is 2.42. The summed E-state index contributed by atoms with van der Waals surface area (Å²) >= 11 is 0. The molecule has 0 fully saturated rings. The second kappa shape index (κ2) is 6.90. The number of carbonyl (C=O) groups is 1. The van der Waals surface area contributed by atoms with Gasteiger partial charge in [-0.05, 0) is 28.8 Å². The summed E-state index contributed by atoms with van der Waals surface area (Å²) in [5.74, 6) is 0.384. The molecule has 110 valence electrons. The van der Waals surface area contributed by atoms with Crippen LogP contribution in [0, 0.1) is 0 Å². The van der Waals surface area contributed by atoms with Gasteiger partial charge in [0.05, 0.1) is 13.7 Å². The Morgan fingerprint density at radius 3 is 2.38 bits per heavy atom. The number of methoxy groups -OCH3 is 2. The molecule has 21 heavy (non-hydrogen) atoms. The topological polar surface area (TPSA) is 55.8 Å². The maximum atomic E-state index is 10.7. The SMILES string of the molecule is COCc1ccc(-c2cc(CC=O)c(O)c(OC)c2)cc1. The largest absolute Gasteiger partial charge is 0.504 e. The number of aldehydes is 1. The van der Waals surface area contributed by atoms with Gasteiger partial charge in [0.1, 0.15) is 6.29 Å². The van der Waals surface area contributed by atoms with E-state index in [1.165, 1.54) is 7.11 Å². The number of phenolic OH excluding ortho intramolecular Hbond substituents is 1. The van der Waals surface area contributed by atoms with Crippen LogP contribution < -0.4 is 4.74 Å². The van der Waals surface area contributed by atoms with Crippen molar-refractivity contribution < 1.29 is 19.4 Å². The van der Waals surface area contributed by atoms with Crippen molar-refractivity contribution >= 4 is 6.29 Å². The number of aromatic hydroxyl groups is 1. The molecule has 0 saturated carbocycles. The monoisotopic (exact) mass is 286 g/mol. The van der Waals surface area contributed by atoms with E-state index in [9.17, 15) is 9.90 Å². The van der Waals surface area contributed by atoms with Crippen molar-refractivity contribution in [3.63, 3.8) is 0 Å². The Hall–Kier alpha value is -2.33. The summed E-state index contributed by atoms with van der Waals surface area (Å²) in [6.45, 7) is 0.565. The molecule has 0 aliphatic carbocycles. The predicted molar refractivity (Wildman–Crippen MR) is 80.6 cm³/mol. The number of carbonyl (C=O) groups excluding carboxylic acids is 1. The summed E-state index contributed by atoms with van der Waals surface area (Å²) < 4.78 is 10.3. The highest BCUT2D eigenvalue weighted by molar-refractivity contribution is 5.71. The molecule has 0 bridgehead atoms. The van der Waals surface area contributed by atoms with Crippen molar-refractivity contribution in [3.05, 3.63) is 47.5 Å². The number of phenols is 1. The minimum Gasteiger partial charge on any atom is -0.504 e. The van der Waals surface area contributed by atoms with Gasteiger partial charge in [0.15, 0.2) is 11.5 Å². The average molecular weight is 286 g/mol. The van der Waals surface area contributed by atoms with E-state index >= 15 is 0 Å². The number of rotatable bonds is 6. The van der Waals surface area contributed by atoms with E-state index < -0.39 is 0 Å². The van der Waals surface area contributed by atoms with Crippen LogP contribution in [0.2, 0.25) is 0 Å². The predicted octanol–water partition coefficient (Wildman–Crippen LogP) is 2.96. The maximum absolute atomic E-state index is 10.7. The molecule has 0 heterocycles. The molecular weight excluding hydrogens is 268 g/mol. The lowest BCUT2D eigenvalue weighted by Crippen LogP contribution is -1.93. The first kappa shape index (κ1) is 15.1. The summed E-state index contributed by atoms with van der Waals surface area (Å²) in [5.41, 5.74) is 3.52. The zero-order valence-corrected chi connectivity index (χ0v) is 12.1. The molecular formula is C17H18O4. The van der Waals surface area contributed by atoms with Gasteiger partial charge in [0.2, 0.25) is 0 Å². The molecule has 0 amide bonds. The first-order valence-corrected chi connectivity index (χ1v) is 6.61. The zero-order valence-electron chi connectivity index (χ0n) is 12.1. The van der Waals surface area contributed by atoms with Gasteiger partial charge in [-0.2, -0.15) is 0 Å². The Labute approximate surface area is 123 Å². The molecule has 0 aliphatic heterocycles. The minimum atomic E-state index is 0.0179. The van der Waals surface area contributed by atoms with Crippen LogP contribution in [0.1, 0.15) is 11.1 Å². The second-order valence-electron chi connectivity index (χ2n) is 4.69. The Kier molecular flexibility index (Phi) is 4.95. The molecule has 2 aromatic rings.